The summed E-state index contributed by atoms with van der Waals surface area (Å²) in [6.45, 7) is 6.60. The first-order valence-electron chi connectivity index (χ1n) is 6.40. The number of hydrogen-bond donors (Lipinski definition) is 2. The Hall–Kier alpha value is -0.610. The van der Waals surface area contributed by atoms with Crippen molar-refractivity contribution in [3.05, 3.63) is 0 Å². The van der Waals surface area contributed by atoms with Gasteiger partial charge in [0.05, 0.1) is 6.61 Å². The molecule has 2 N–H and O–H groups in total. The monoisotopic (exact) mass is 228 g/mol. The number of ether oxygens (including phenoxy) is 1. The summed E-state index contributed by atoms with van der Waals surface area (Å²) >= 11 is 0. The molecule has 0 aromatic carbocycles. The second-order valence-electron chi connectivity index (χ2n) is 4.33. The molecule has 1 saturated heterocycles. The molecule has 0 aromatic heterocycles. The zero-order valence-electron chi connectivity index (χ0n) is 10.3. The third kappa shape index (κ3) is 6.08. The molecule has 1 rings (SSSR count). The number of hydrogen-bond acceptors (Lipinski definition) is 4. The summed E-state index contributed by atoms with van der Waals surface area (Å²) in [7, 11) is 0. The largest absolute Gasteiger partial charge is 0.466 e. The van der Waals surface area contributed by atoms with Gasteiger partial charge in [0.25, 0.3) is 0 Å². The van der Waals surface area contributed by atoms with E-state index in [1.54, 1.807) is 0 Å². The summed E-state index contributed by atoms with van der Waals surface area (Å²) in [4.78, 5) is 11.0. The molecule has 0 aliphatic carbocycles. The van der Waals surface area contributed by atoms with Gasteiger partial charge in [0.15, 0.2) is 0 Å². The van der Waals surface area contributed by atoms with Gasteiger partial charge in [-0.3, -0.25) is 4.79 Å². The fourth-order valence-electron chi connectivity index (χ4n) is 2.00. The molecule has 0 amide bonds. The Labute approximate surface area is 98.1 Å². The average Bonchev–Trinajstić information content (AvgIpc) is 2.30. The van der Waals surface area contributed by atoms with Crippen molar-refractivity contribution in [2.45, 2.75) is 32.6 Å². The summed E-state index contributed by atoms with van der Waals surface area (Å²) in [5, 5.41) is 6.80. The van der Waals surface area contributed by atoms with E-state index in [1.807, 2.05) is 6.92 Å². The van der Waals surface area contributed by atoms with Crippen molar-refractivity contribution in [2.75, 3.05) is 32.8 Å². The van der Waals surface area contributed by atoms with Crippen LogP contribution in [-0.2, 0) is 9.53 Å². The van der Waals surface area contributed by atoms with Gasteiger partial charge in [0.1, 0.15) is 0 Å². The highest BCUT2D eigenvalue weighted by Gasteiger charge is 2.11. The molecule has 1 aliphatic heterocycles. The topological polar surface area (TPSA) is 50.4 Å². The van der Waals surface area contributed by atoms with Gasteiger partial charge in [0.2, 0.25) is 0 Å². The lowest BCUT2D eigenvalue weighted by Gasteiger charge is -2.22. The standard InChI is InChI=1S/C12H24N2O2/c1-2-16-12(15)6-4-8-14-10-11-5-3-7-13-9-11/h11,13-14H,2-10H2,1H3. The highest BCUT2D eigenvalue weighted by molar-refractivity contribution is 5.69. The molecule has 1 aliphatic rings. The van der Waals surface area contributed by atoms with E-state index in [0.29, 0.717) is 13.0 Å². The van der Waals surface area contributed by atoms with Crippen LogP contribution in [0.1, 0.15) is 32.6 Å². The lowest BCUT2D eigenvalue weighted by molar-refractivity contribution is -0.143. The molecule has 1 atom stereocenters. The molecule has 0 bridgehead atoms. The molecular weight excluding hydrogens is 204 g/mol. The van der Waals surface area contributed by atoms with Crippen molar-refractivity contribution >= 4 is 5.97 Å². The first kappa shape index (κ1) is 13.5. The number of esters is 1. The average molecular weight is 228 g/mol. The Morgan fingerprint density at radius 2 is 2.44 bits per heavy atom. The quantitative estimate of drug-likeness (QED) is 0.502. The van der Waals surface area contributed by atoms with Gasteiger partial charge in [-0.2, -0.15) is 0 Å². The highest BCUT2D eigenvalue weighted by Crippen LogP contribution is 2.08. The van der Waals surface area contributed by atoms with Crippen LogP contribution >= 0.6 is 0 Å². The molecule has 0 radical (unpaired) electrons. The Morgan fingerprint density at radius 1 is 1.56 bits per heavy atom. The third-order valence-electron chi connectivity index (χ3n) is 2.87. The zero-order chi connectivity index (χ0) is 11.6. The summed E-state index contributed by atoms with van der Waals surface area (Å²) in [6.07, 6.45) is 4.01. The maximum atomic E-state index is 11.0. The second-order valence-corrected chi connectivity index (χ2v) is 4.33. The van der Waals surface area contributed by atoms with Crippen LogP contribution in [0, 0.1) is 5.92 Å². The SMILES string of the molecule is CCOC(=O)CCCNCC1CCCNC1. The first-order valence-corrected chi connectivity index (χ1v) is 6.40. The third-order valence-corrected chi connectivity index (χ3v) is 2.87. The van der Waals surface area contributed by atoms with Gasteiger partial charge in [0, 0.05) is 6.42 Å². The molecule has 1 heterocycles. The van der Waals surface area contributed by atoms with Crippen molar-refractivity contribution in [1.82, 2.24) is 10.6 Å². The van der Waals surface area contributed by atoms with E-state index in [-0.39, 0.29) is 5.97 Å². The van der Waals surface area contributed by atoms with E-state index in [0.717, 1.165) is 32.0 Å². The smallest absolute Gasteiger partial charge is 0.305 e. The van der Waals surface area contributed by atoms with Gasteiger partial charge < -0.3 is 15.4 Å². The maximum Gasteiger partial charge on any atom is 0.305 e. The molecule has 0 spiro atoms. The number of piperidine rings is 1. The summed E-state index contributed by atoms with van der Waals surface area (Å²) < 4.78 is 4.86. The molecule has 4 nitrogen and oxygen atoms in total. The lowest BCUT2D eigenvalue weighted by Crippen LogP contribution is -2.36. The van der Waals surface area contributed by atoms with Gasteiger partial charge >= 0.3 is 5.97 Å². The number of carbonyl (C=O) groups excluding carboxylic acids is 1. The van der Waals surface area contributed by atoms with Crippen LogP contribution in [0.5, 0.6) is 0 Å². The minimum atomic E-state index is -0.0800. The molecule has 1 fully saturated rings. The van der Waals surface area contributed by atoms with Gasteiger partial charge in [-0.25, -0.2) is 0 Å². The van der Waals surface area contributed by atoms with Crippen molar-refractivity contribution in [2.24, 2.45) is 5.92 Å². The molecule has 0 aromatic rings. The summed E-state index contributed by atoms with van der Waals surface area (Å²) in [5.41, 5.74) is 0. The molecule has 94 valence electrons. The second kappa shape index (κ2) is 8.53. The highest BCUT2D eigenvalue weighted by atomic mass is 16.5. The van der Waals surface area contributed by atoms with E-state index in [4.69, 9.17) is 4.74 Å². The minimum Gasteiger partial charge on any atom is -0.466 e. The Morgan fingerprint density at radius 3 is 3.12 bits per heavy atom. The first-order chi connectivity index (χ1) is 7.83. The predicted molar refractivity (Wildman–Crippen MR) is 64.3 cm³/mol. The van der Waals surface area contributed by atoms with E-state index >= 15 is 0 Å². The fraction of sp³-hybridized carbons (Fsp3) is 0.917. The van der Waals surface area contributed by atoms with Crippen LogP contribution in [0.2, 0.25) is 0 Å². The van der Waals surface area contributed by atoms with Crippen LogP contribution in [0.4, 0.5) is 0 Å². The van der Waals surface area contributed by atoms with E-state index in [1.165, 1.54) is 19.4 Å². The minimum absolute atomic E-state index is 0.0800. The Bertz CT molecular complexity index is 191. The van der Waals surface area contributed by atoms with Crippen molar-refractivity contribution in [3.63, 3.8) is 0 Å². The Balaban J connectivity index is 1.89. The van der Waals surface area contributed by atoms with Crippen LogP contribution in [0.15, 0.2) is 0 Å². The van der Waals surface area contributed by atoms with Crippen LogP contribution in [0.3, 0.4) is 0 Å². The number of carbonyl (C=O) groups is 1. The molecule has 16 heavy (non-hydrogen) atoms. The summed E-state index contributed by atoms with van der Waals surface area (Å²) in [5.74, 6) is 0.681. The molecule has 1 unspecified atom stereocenters. The van der Waals surface area contributed by atoms with Crippen LogP contribution in [-0.4, -0.2) is 38.8 Å². The van der Waals surface area contributed by atoms with Crippen LogP contribution in [0.25, 0.3) is 0 Å². The predicted octanol–water partition coefficient (Wildman–Crippen LogP) is 0.919. The van der Waals surface area contributed by atoms with Gasteiger partial charge in [-0.15, -0.1) is 0 Å². The lowest BCUT2D eigenvalue weighted by atomic mass is 10.00. The van der Waals surface area contributed by atoms with E-state index in [2.05, 4.69) is 10.6 Å². The fourth-order valence-corrected chi connectivity index (χ4v) is 2.00. The normalized spacial score (nSPS) is 20.7. The molecule has 0 saturated carbocycles. The maximum absolute atomic E-state index is 11.0. The summed E-state index contributed by atoms with van der Waals surface area (Å²) in [6, 6.07) is 0. The number of rotatable bonds is 7. The Kier molecular flexibility index (Phi) is 7.17. The molecular formula is C12H24N2O2. The van der Waals surface area contributed by atoms with Crippen molar-refractivity contribution in [1.29, 1.82) is 0 Å². The van der Waals surface area contributed by atoms with Gasteiger partial charge in [-0.05, 0) is 58.3 Å². The van der Waals surface area contributed by atoms with Crippen molar-refractivity contribution in [3.8, 4) is 0 Å². The van der Waals surface area contributed by atoms with E-state index in [9.17, 15) is 4.79 Å². The molecule has 4 heteroatoms. The number of nitrogens with one attached hydrogen (secondary N) is 2. The zero-order valence-corrected chi connectivity index (χ0v) is 10.3. The van der Waals surface area contributed by atoms with Crippen LogP contribution < -0.4 is 10.6 Å². The van der Waals surface area contributed by atoms with Crippen molar-refractivity contribution < 1.29 is 9.53 Å². The van der Waals surface area contributed by atoms with Gasteiger partial charge in [-0.1, -0.05) is 0 Å². The van der Waals surface area contributed by atoms with E-state index < -0.39 is 0 Å².